The lowest BCUT2D eigenvalue weighted by Crippen LogP contribution is -2.32. The van der Waals surface area contributed by atoms with Crippen LogP contribution in [0.4, 0.5) is 0 Å². The molecule has 11 rings (SSSR count). The second-order valence-electron chi connectivity index (χ2n) is 13.2. The Bertz CT molecular complexity index is 2770. The Morgan fingerprint density at radius 2 is 0.980 bits per heavy atom. The highest BCUT2D eigenvalue weighted by Crippen LogP contribution is 2.64. The number of ether oxygens (including phenoxy) is 1. The number of aromatic nitrogens is 2. The summed E-state index contributed by atoms with van der Waals surface area (Å²) in [5, 5.41) is 5.57. The average Bonchev–Trinajstić information content (AvgIpc) is 3.48. The smallest absolute Gasteiger partial charge is 0.161 e. The van der Waals surface area contributed by atoms with Crippen LogP contribution in [0.3, 0.4) is 0 Å². The molecule has 0 saturated heterocycles. The lowest BCUT2D eigenvalue weighted by molar-refractivity contribution is 0.447. The highest BCUT2D eigenvalue weighted by Gasteiger charge is 2.52. The van der Waals surface area contributed by atoms with Crippen LogP contribution < -0.4 is 4.74 Å². The fraction of sp³-hybridized carbons (Fsp3) is 0.0213. The summed E-state index contributed by atoms with van der Waals surface area (Å²) in [6.07, 6.45) is 0. The Morgan fingerprint density at radius 1 is 0.400 bits per heavy atom. The van der Waals surface area contributed by atoms with Gasteiger partial charge < -0.3 is 4.74 Å². The Balaban J connectivity index is 1.28. The summed E-state index contributed by atoms with van der Waals surface area (Å²) >= 11 is 0. The third-order valence-corrected chi connectivity index (χ3v) is 10.7. The van der Waals surface area contributed by atoms with E-state index < -0.39 is 5.41 Å². The molecule has 0 N–H and O–H groups in total. The highest BCUT2D eigenvalue weighted by molar-refractivity contribution is 6.02. The molecular formula is C47H28N2O. The first-order chi connectivity index (χ1) is 24.8. The number of para-hydroxylation sites is 1. The monoisotopic (exact) mass is 636 g/mol. The van der Waals surface area contributed by atoms with Crippen molar-refractivity contribution in [3.05, 3.63) is 192 Å². The first kappa shape index (κ1) is 27.4. The Morgan fingerprint density at radius 3 is 1.72 bits per heavy atom. The lowest BCUT2D eigenvalue weighted by Gasteiger charge is -2.40. The summed E-state index contributed by atoms with van der Waals surface area (Å²) in [4.78, 5) is 10.6. The van der Waals surface area contributed by atoms with Crippen molar-refractivity contribution < 1.29 is 4.74 Å². The van der Waals surface area contributed by atoms with E-state index in [1.54, 1.807) is 0 Å². The van der Waals surface area contributed by atoms with Crippen LogP contribution in [0.25, 0.3) is 66.2 Å². The normalized spacial score (nSPS) is 13.5. The summed E-state index contributed by atoms with van der Waals surface area (Å²) in [7, 11) is 0. The molecule has 0 atom stereocenters. The largest absolute Gasteiger partial charge is 0.455 e. The molecule has 3 nitrogen and oxygen atoms in total. The number of hydrogen-bond acceptors (Lipinski definition) is 3. The van der Waals surface area contributed by atoms with E-state index in [1.165, 1.54) is 16.7 Å². The van der Waals surface area contributed by atoms with Crippen molar-refractivity contribution in [1.29, 1.82) is 0 Å². The topological polar surface area (TPSA) is 35.0 Å². The SMILES string of the molecule is c1ccc(-c2nc(-c3cccc4c3-c3ccccc3C43c4ccc5ccccc5c4Oc4c3ccc3ccccc43)nc3ccccc23)cc1. The van der Waals surface area contributed by atoms with Crippen LogP contribution in [-0.4, -0.2) is 9.97 Å². The first-order valence-electron chi connectivity index (χ1n) is 17.1. The molecule has 2 heterocycles. The van der Waals surface area contributed by atoms with E-state index in [-0.39, 0.29) is 0 Å². The van der Waals surface area contributed by atoms with Crippen molar-refractivity contribution in [2.45, 2.75) is 5.41 Å². The molecule has 9 aromatic rings. The zero-order valence-corrected chi connectivity index (χ0v) is 27.0. The molecule has 232 valence electrons. The van der Waals surface area contributed by atoms with Gasteiger partial charge in [0, 0.05) is 38.4 Å². The van der Waals surface area contributed by atoms with E-state index in [4.69, 9.17) is 14.7 Å². The van der Waals surface area contributed by atoms with Crippen molar-refractivity contribution in [2.24, 2.45) is 0 Å². The van der Waals surface area contributed by atoms with Crippen molar-refractivity contribution in [3.8, 4) is 45.3 Å². The summed E-state index contributed by atoms with van der Waals surface area (Å²) in [5.41, 5.74) is 10.4. The predicted molar refractivity (Wildman–Crippen MR) is 203 cm³/mol. The molecule has 1 spiro atoms. The number of benzene rings is 8. The lowest BCUT2D eigenvalue weighted by atomic mass is 9.65. The molecule has 0 amide bonds. The Kier molecular flexibility index (Phi) is 5.59. The van der Waals surface area contributed by atoms with Crippen LogP contribution in [0.5, 0.6) is 11.5 Å². The molecule has 0 unspecified atom stereocenters. The quantitative estimate of drug-likeness (QED) is 0.189. The molecule has 8 aromatic carbocycles. The van der Waals surface area contributed by atoms with Gasteiger partial charge in [0.15, 0.2) is 5.82 Å². The molecule has 50 heavy (non-hydrogen) atoms. The van der Waals surface area contributed by atoms with Crippen LogP contribution >= 0.6 is 0 Å². The molecule has 0 saturated carbocycles. The molecule has 1 aliphatic heterocycles. The van der Waals surface area contributed by atoms with Crippen LogP contribution in [0.1, 0.15) is 22.3 Å². The van der Waals surface area contributed by atoms with Crippen LogP contribution in [0.2, 0.25) is 0 Å². The maximum absolute atomic E-state index is 7.12. The van der Waals surface area contributed by atoms with Gasteiger partial charge in [-0.25, -0.2) is 9.97 Å². The molecular weight excluding hydrogens is 609 g/mol. The highest BCUT2D eigenvalue weighted by atomic mass is 16.5. The van der Waals surface area contributed by atoms with Crippen molar-refractivity contribution in [1.82, 2.24) is 9.97 Å². The molecule has 2 aliphatic rings. The molecule has 0 bridgehead atoms. The molecule has 1 aliphatic carbocycles. The van der Waals surface area contributed by atoms with Gasteiger partial charge in [-0.05, 0) is 39.1 Å². The minimum absolute atomic E-state index is 0.627. The van der Waals surface area contributed by atoms with Gasteiger partial charge in [0.2, 0.25) is 0 Å². The third-order valence-electron chi connectivity index (χ3n) is 10.7. The summed E-state index contributed by atoms with van der Waals surface area (Å²) < 4.78 is 7.12. The second-order valence-corrected chi connectivity index (χ2v) is 13.2. The summed E-state index contributed by atoms with van der Waals surface area (Å²) in [6, 6.07) is 60.5. The molecule has 0 radical (unpaired) electrons. The van der Waals surface area contributed by atoms with Gasteiger partial charge in [-0.2, -0.15) is 0 Å². The van der Waals surface area contributed by atoms with E-state index >= 15 is 0 Å². The van der Waals surface area contributed by atoms with Gasteiger partial charge in [-0.3, -0.25) is 0 Å². The third kappa shape index (κ3) is 3.58. The maximum atomic E-state index is 7.12. The average molecular weight is 637 g/mol. The number of nitrogens with zero attached hydrogens (tertiary/aromatic N) is 2. The summed E-state index contributed by atoms with van der Waals surface area (Å²) in [6.45, 7) is 0. The zero-order chi connectivity index (χ0) is 32.8. The summed E-state index contributed by atoms with van der Waals surface area (Å²) in [5.74, 6) is 2.54. The van der Waals surface area contributed by atoms with Crippen LogP contribution in [0.15, 0.2) is 170 Å². The van der Waals surface area contributed by atoms with Crippen molar-refractivity contribution >= 4 is 32.4 Å². The van der Waals surface area contributed by atoms with Crippen molar-refractivity contribution in [3.63, 3.8) is 0 Å². The van der Waals surface area contributed by atoms with Crippen LogP contribution in [0, 0.1) is 0 Å². The van der Waals surface area contributed by atoms with Gasteiger partial charge >= 0.3 is 0 Å². The number of rotatable bonds is 2. The minimum Gasteiger partial charge on any atom is -0.455 e. The first-order valence-corrected chi connectivity index (χ1v) is 17.1. The predicted octanol–water partition coefficient (Wildman–Crippen LogP) is 11.7. The van der Waals surface area contributed by atoms with Gasteiger partial charge in [0.1, 0.15) is 11.5 Å². The van der Waals surface area contributed by atoms with Gasteiger partial charge in [0.05, 0.1) is 16.6 Å². The number of hydrogen-bond donors (Lipinski definition) is 0. The number of fused-ring (bicyclic) bond motifs is 14. The fourth-order valence-electron chi connectivity index (χ4n) is 8.65. The van der Waals surface area contributed by atoms with E-state index in [0.29, 0.717) is 0 Å². The minimum atomic E-state index is -0.627. The van der Waals surface area contributed by atoms with E-state index in [0.717, 1.165) is 83.3 Å². The maximum Gasteiger partial charge on any atom is 0.161 e. The van der Waals surface area contributed by atoms with E-state index in [1.807, 2.05) is 6.07 Å². The molecule has 3 heteroatoms. The van der Waals surface area contributed by atoms with E-state index in [9.17, 15) is 0 Å². The fourth-order valence-corrected chi connectivity index (χ4v) is 8.65. The van der Waals surface area contributed by atoms with Crippen LogP contribution in [-0.2, 0) is 5.41 Å². The Hall–Kier alpha value is -6.58. The molecule has 0 fully saturated rings. The van der Waals surface area contributed by atoms with Gasteiger partial charge in [-0.1, -0.05) is 164 Å². The second kappa shape index (κ2) is 10.2. The Labute approximate surface area is 289 Å². The van der Waals surface area contributed by atoms with E-state index in [2.05, 4.69) is 164 Å². The zero-order valence-electron chi connectivity index (χ0n) is 27.0. The standard InChI is InChI=1S/C47H28N2O/c1-2-15-31(16-3-1)43-35-20-9-11-24-41(35)48-46(49-43)36-21-12-23-38-42(36)34-19-8-10-22-37(34)47(38)39-27-25-29-13-4-6-17-32(29)44(39)50-45-33-18-7-5-14-30(33)26-28-40(45)47/h1-28H. The van der Waals surface area contributed by atoms with Gasteiger partial charge in [-0.15, -0.1) is 0 Å². The van der Waals surface area contributed by atoms with Crippen molar-refractivity contribution in [2.75, 3.05) is 0 Å². The molecule has 1 aromatic heterocycles. The van der Waals surface area contributed by atoms with Gasteiger partial charge in [0.25, 0.3) is 0 Å².